The lowest BCUT2D eigenvalue weighted by atomic mass is 10.1. The Hall–Kier alpha value is -4.09. The number of amides is 4. The van der Waals surface area contributed by atoms with Crippen LogP contribution in [0, 0.1) is 12.3 Å². The van der Waals surface area contributed by atoms with E-state index in [4.69, 9.17) is 27.9 Å². The van der Waals surface area contributed by atoms with E-state index in [0.717, 1.165) is 4.90 Å². The van der Waals surface area contributed by atoms with Gasteiger partial charge in [0.25, 0.3) is 11.8 Å². The van der Waals surface area contributed by atoms with Crippen LogP contribution < -0.4 is 15.0 Å². The molecule has 30 heavy (non-hydrogen) atoms. The number of aromatic carboxylic acids is 1. The first-order valence-electron chi connectivity index (χ1n) is 8.42. The van der Waals surface area contributed by atoms with Crippen LogP contribution in [0.2, 0.25) is 5.02 Å². The molecule has 1 aliphatic rings. The van der Waals surface area contributed by atoms with Crippen LogP contribution in [0.3, 0.4) is 0 Å². The maximum Gasteiger partial charge on any atom is 0.335 e. The third-order valence-corrected chi connectivity index (χ3v) is 4.29. The van der Waals surface area contributed by atoms with Gasteiger partial charge < -0.3 is 9.84 Å². The fraction of sp³-hybridized carbons (Fsp3) is 0.0476. The van der Waals surface area contributed by atoms with Gasteiger partial charge in [-0.3, -0.25) is 14.9 Å². The van der Waals surface area contributed by atoms with E-state index in [2.05, 4.69) is 11.2 Å². The van der Waals surface area contributed by atoms with Gasteiger partial charge >= 0.3 is 12.0 Å². The number of benzene rings is 2. The van der Waals surface area contributed by atoms with Gasteiger partial charge in [-0.15, -0.1) is 6.42 Å². The van der Waals surface area contributed by atoms with E-state index in [9.17, 15) is 19.2 Å². The highest BCUT2D eigenvalue weighted by molar-refractivity contribution is 6.39. The van der Waals surface area contributed by atoms with E-state index in [-0.39, 0.29) is 23.4 Å². The summed E-state index contributed by atoms with van der Waals surface area (Å²) >= 11 is 6.01. The minimum atomic E-state index is -1.16. The minimum absolute atomic E-state index is 0.0234. The summed E-state index contributed by atoms with van der Waals surface area (Å²) in [4.78, 5) is 49.2. The highest BCUT2D eigenvalue weighted by atomic mass is 35.5. The quantitative estimate of drug-likeness (QED) is 0.433. The first-order chi connectivity index (χ1) is 14.3. The Bertz CT molecular complexity index is 1130. The lowest BCUT2D eigenvalue weighted by Crippen LogP contribution is -2.54. The molecule has 1 fully saturated rings. The van der Waals surface area contributed by atoms with Crippen molar-refractivity contribution < 1.29 is 29.0 Å². The van der Waals surface area contributed by atoms with Crippen molar-refractivity contribution in [3.8, 4) is 18.1 Å². The van der Waals surface area contributed by atoms with Crippen LogP contribution in [0.1, 0.15) is 15.9 Å². The number of imide groups is 2. The number of barbiturate groups is 1. The molecular weight excluding hydrogens is 412 g/mol. The number of hydrogen-bond donors (Lipinski definition) is 2. The predicted octanol–water partition coefficient (Wildman–Crippen LogP) is 2.72. The molecule has 1 aliphatic heterocycles. The Morgan fingerprint density at radius 1 is 1.20 bits per heavy atom. The molecule has 1 heterocycles. The van der Waals surface area contributed by atoms with Crippen molar-refractivity contribution >= 4 is 47.2 Å². The third kappa shape index (κ3) is 4.16. The molecule has 0 aliphatic carbocycles. The smallest absolute Gasteiger partial charge is 0.335 e. The summed E-state index contributed by atoms with van der Waals surface area (Å²) in [5.74, 6) is -0.350. The number of carbonyl (C=O) groups excluding carboxylic acids is 3. The Morgan fingerprint density at radius 2 is 1.90 bits per heavy atom. The summed E-state index contributed by atoms with van der Waals surface area (Å²) in [6.07, 6.45) is 6.43. The number of anilines is 1. The van der Waals surface area contributed by atoms with E-state index in [1.54, 1.807) is 6.07 Å². The fourth-order valence-corrected chi connectivity index (χ4v) is 2.86. The van der Waals surface area contributed by atoms with Crippen LogP contribution in [0.5, 0.6) is 5.75 Å². The number of halogens is 1. The number of carbonyl (C=O) groups is 4. The summed E-state index contributed by atoms with van der Waals surface area (Å²) in [5, 5.41) is 11.4. The summed E-state index contributed by atoms with van der Waals surface area (Å²) in [6, 6.07) is 8.65. The second-order valence-corrected chi connectivity index (χ2v) is 6.42. The van der Waals surface area contributed by atoms with Gasteiger partial charge in [-0.1, -0.05) is 17.5 Å². The molecule has 4 amide bonds. The number of rotatable bonds is 5. The lowest BCUT2D eigenvalue weighted by molar-refractivity contribution is -0.122. The SMILES string of the molecule is C#CCOc1ccc(Cl)cc1C=C1C(=O)NC(=O)N(c2ccc(C(=O)O)cc2)C1=O. The Balaban J connectivity index is 2.02. The van der Waals surface area contributed by atoms with Crippen molar-refractivity contribution in [1.29, 1.82) is 0 Å². The average Bonchev–Trinajstić information content (AvgIpc) is 2.70. The van der Waals surface area contributed by atoms with Crippen molar-refractivity contribution in [2.45, 2.75) is 0 Å². The van der Waals surface area contributed by atoms with E-state index in [1.807, 2.05) is 0 Å². The first kappa shape index (κ1) is 20.6. The molecule has 150 valence electrons. The van der Waals surface area contributed by atoms with E-state index >= 15 is 0 Å². The molecule has 8 nitrogen and oxygen atoms in total. The zero-order chi connectivity index (χ0) is 21.8. The first-order valence-corrected chi connectivity index (χ1v) is 8.80. The second kappa shape index (κ2) is 8.51. The van der Waals surface area contributed by atoms with Gasteiger partial charge in [0.05, 0.1) is 11.3 Å². The maximum atomic E-state index is 12.9. The van der Waals surface area contributed by atoms with Gasteiger partial charge in [0, 0.05) is 10.6 Å². The monoisotopic (exact) mass is 424 g/mol. The molecule has 0 saturated carbocycles. The molecule has 1 saturated heterocycles. The molecule has 0 spiro atoms. The number of hydrogen-bond acceptors (Lipinski definition) is 5. The van der Waals surface area contributed by atoms with Crippen LogP contribution >= 0.6 is 11.6 Å². The van der Waals surface area contributed by atoms with Crippen molar-refractivity contribution in [2.24, 2.45) is 0 Å². The van der Waals surface area contributed by atoms with Gasteiger partial charge in [0.2, 0.25) is 0 Å². The van der Waals surface area contributed by atoms with Crippen molar-refractivity contribution in [2.75, 3.05) is 11.5 Å². The summed E-state index contributed by atoms with van der Waals surface area (Å²) < 4.78 is 5.40. The third-order valence-electron chi connectivity index (χ3n) is 4.06. The standard InChI is InChI=1S/C21H13ClN2O6/c1-2-9-30-17-8-5-14(22)10-13(17)11-16-18(25)23-21(29)24(19(16)26)15-6-3-12(4-7-15)20(27)28/h1,3-8,10-11H,9H2,(H,27,28)(H,23,25,29). The van der Waals surface area contributed by atoms with Gasteiger partial charge in [0.15, 0.2) is 0 Å². The summed E-state index contributed by atoms with van der Waals surface area (Å²) in [6.45, 7) is -0.0432. The van der Waals surface area contributed by atoms with Gasteiger partial charge in [-0.2, -0.15) is 0 Å². The molecule has 2 aromatic rings. The number of nitrogens with zero attached hydrogens (tertiary/aromatic N) is 1. The molecule has 0 atom stereocenters. The molecule has 2 N–H and O–H groups in total. The van der Waals surface area contributed by atoms with Crippen LogP contribution in [0.25, 0.3) is 6.08 Å². The Kier molecular flexibility index (Phi) is 5.85. The van der Waals surface area contributed by atoms with Crippen LogP contribution in [0.15, 0.2) is 48.0 Å². The van der Waals surface area contributed by atoms with Crippen LogP contribution in [-0.2, 0) is 9.59 Å². The Morgan fingerprint density at radius 3 is 2.53 bits per heavy atom. The summed E-state index contributed by atoms with van der Waals surface area (Å²) in [5.41, 5.74) is 0.0389. The molecule has 0 radical (unpaired) electrons. The van der Waals surface area contributed by atoms with Crippen LogP contribution in [-0.4, -0.2) is 35.5 Å². The fourth-order valence-electron chi connectivity index (χ4n) is 2.68. The molecule has 0 bridgehead atoms. The zero-order valence-electron chi connectivity index (χ0n) is 15.2. The van der Waals surface area contributed by atoms with E-state index < -0.39 is 23.8 Å². The number of ether oxygens (including phenoxy) is 1. The second-order valence-electron chi connectivity index (χ2n) is 5.98. The maximum absolute atomic E-state index is 12.9. The van der Waals surface area contributed by atoms with Gasteiger partial charge in [-0.25, -0.2) is 14.5 Å². The molecule has 9 heteroatoms. The normalized spacial score (nSPS) is 15.0. The number of carboxylic acid groups (broad SMARTS) is 1. The summed E-state index contributed by atoms with van der Waals surface area (Å²) in [7, 11) is 0. The molecule has 2 aromatic carbocycles. The number of terminal acetylenes is 1. The van der Waals surface area contributed by atoms with Gasteiger partial charge in [-0.05, 0) is 48.5 Å². The molecule has 0 unspecified atom stereocenters. The topological polar surface area (TPSA) is 113 Å². The van der Waals surface area contributed by atoms with E-state index in [1.165, 1.54) is 42.5 Å². The molecular formula is C21H13ClN2O6. The average molecular weight is 425 g/mol. The lowest BCUT2D eigenvalue weighted by Gasteiger charge is -2.26. The van der Waals surface area contributed by atoms with Gasteiger partial charge in [0.1, 0.15) is 17.9 Å². The predicted molar refractivity (Wildman–Crippen MR) is 108 cm³/mol. The zero-order valence-corrected chi connectivity index (χ0v) is 16.0. The highest BCUT2D eigenvalue weighted by Crippen LogP contribution is 2.28. The number of nitrogens with one attached hydrogen (secondary N) is 1. The van der Waals surface area contributed by atoms with E-state index in [0.29, 0.717) is 16.3 Å². The van der Waals surface area contributed by atoms with Crippen molar-refractivity contribution in [3.05, 3.63) is 64.2 Å². The highest BCUT2D eigenvalue weighted by Gasteiger charge is 2.37. The number of urea groups is 1. The van der Waals surface area contributed by atoms with Crippen molar-refractivity contribution in [1.82, 2.24) is 5.32 Å². The van der Waals surface area contributed by atoms with Crippen LogP contribution in [0.4, 0.5) is 10.5 Å². The Labute approximate surface area is 175 Å². The molecule has 3 rings (SSSR count). The largest absolute Gasteiger partial charge is 0.480 e. The van der Waals surface area contributed by atoms with Crippen molar-refractivity contribution in [3.63, 3.8) is 0 Å². The molecule has 0 aromatic heterocycles. The number of carboxylic acids is 1. The minimum Gasteiger partial charge on any atom is -0.480 e.